The summed E-state index contributed by atoms with van der Waals surface area (Å²) in [4.78, 5) is 22.2. The number of benzene rings is 2. The van der Waals surface area contributed by atoms with E-state index in [1.807, 2.05) is 0 Å². The summed E-state index contributed by atoms with van der Waals surface area (Å²) in [5.41, 5.74) is 0.512. The molecule has 0 radical (unpaired) electrons. The standard InChI is InChI=1S/C16H16ClN3O5S/c1-11-3-8-14(9-15(11)20(22)23)26(24,25)19(2)10-16(21)18-13-6-4-12(17)5-7-13/h3-9H,10H2,1-2H3,(H,18,21). The van der Waals surface area contributed by atoms with Crippen LogP contribution in [-0.4, -0.2) is 37.1 Å². The van der Waals surface area contributed by atoms with Crippen molar-refractivity contribution in [1.82, 2.24) is 4.31 Å². The topological polar surface area (TPSA) is 110 Å². The molecule has 0 bridgehead atoms. The molecule has 138 valence electrons. The van der Waals surface area contributed by atoms with E-state index in [0.29, 0.717) is 16.3 Å². The Kier molecular flexibility index (Phi) is 5.96. The molecule has 0 saturated heterocycles. The van der Waals surface area contributed by atoms with Crippen molar-refractivity contribution in [2.45, 2.75) is 11.8 Å². The third kappa shape index (κ3) is 4.57. The number of anilines is 1. The number of carbonyl (C=O) groups excluding carboxylic acids is 1. The number of halogens is 1. The number of carbonyl (C=O) groups is 1. The van der Waals surface area contributed by atoms with Gasteiger partial charge in [0.05, 0.1) is 16.4 Å². The van der Waals surface area contributed by atoms with Crippen LogP contribution in [0, 0.1) is 17.0 Å². The van der Waals surface area contributed by atoms with Crippen molar-refractivity contribution in [2.24, 2.45) is 0 Å². The van der Waals surface area contributed by atoms with E-state index in [1.54, 1.807) is 24.3 Å². The van der Waals surface area contributed by atoms with Crippen LogP contribution >= 0.6 is 11.6 Å². The summed E-state index contributed by atoms with van der Waals surface area (Å²) in [6.45, 7) is 1.06. The van der Waals surface area contributed by atoms with Gasteiger partial charge in [-0.15, -0.1) is 0 Å². The van der Waals surface area contributed by atoms with Gasteiger partial charge in [-0.1, -0.05) is 17.7 Å². The van der Waals surface area contributed by atoms with E-state index in [1.165, 1.54) is 26.1 Å². The molecule has 0 aromatic heterocycles. The lowest BCUT2D eigenvalue weighted by atomic mass is 10.2. The lowest BCUT2D eigenvalue weighted by Gasteiger charge is -2.17. The highest BCUT2D eigenvalue weighted by atomic mass is 35.5. The number of hydrogen-bond acceptors (Lipinski definition) is 5. The molecule has 2 aromatic carbocycles. The van der Waals surface area contributed by atoms with Gasteiger partial charge in [0.1, 0.15) is 0 Å². The molecule has 2 aromatic rings. The minimum absolute atomic E-state index is 0.253. The molecule has 0 atom stereocenters. The first-order chi connectivity index (χ1) is 12.1. The predicted octanol–water partition coefficient (Wildman–Crippen LogP) is 2.82. The summed E-state index contributed by atoms with van der Waals surface area (Å²) in [5, 5.41) is 14.1. The summed E-state index contributed by atoms with van der Waals surface area (Å²) in [6.07, 6.45) is 0. The molecule has 1 amide bonds. The fraction of sp³-hybridized carbons (Fsp3) is 0.188. The number of likely N-dealkylation sites (N-methyl/N-ethyl adjacent to an activating group) is 1. The minimum Gasteiger partial charge on any atom is -0.325 e. The maximum Gasteiger partial charge on any atom is 0.273 e. The zero-order valence-electron chi connectivity index (χ0n) is 14.0. The smallest absolute Gasteiger partial charge is 0.273 e. The molecule has 26 heavy (non-hydrogen) atoms. The van der Waals surface area contributed by atoms with Crippen LogP contribution in [0.5, 0.6) is 0 Å². The second-order valence-electron chi connectivity index (χ2n) is 5.52. The fourth-order valence-electron chi connectivity index (χ4n) is 2.15. The van der Waals surface area contributed by atoms with Crippen LogP contribution in [-0.2, 0) is 14.8 Å². The zero-order chi connectivity index (χ0) is 19.5. The number of rotatable bonds is 6. The third-order valence-electron chi connectivity index (χ3n) is 3.58. The van der Waals surface area contributed by atoms with E-state index in [2.05, 4.69) is 5.32 Å². The van der Waals surface area contributed by atoms with Crippen LogP contribution < -0.4 is 5.32 Å². The molecule has 0 fully saturated rings. The van der Waals surface area contributed by atoms with E-state index >= 15 is 0 Å². The van der Waals surface area contributed by atoms with E-state index in [-0.39, 0.29) is 10.6 Å². The second-order valence-corrected chi connectivity index (χ2v) is 8.00. The molecule has 0 aliphatic rings. The van der Waals surface area contributed by atoms with Crippen LogP contribution in [0.4, 0.5) is 11.4 Å². The fourth-order valence-corrected chi connectivity index (χ4v) is 3.42. The molecule has 0 aliphatic carbocycles. The predicted molar refractivity (Wildman–Crippen MR) is 97.7 cm³/mol. The normalized spacial score (nSPS) is 11.4. The van der Waals surface area contributed by atoms with Crippen LogP contribution in [0.1, 0.15) is 5.56 Å². The summed E-state index contributed by atoms with van der Waals surface area (Å²) in [5.74, 6) is -0.556. The van der Waals surface area contributed by atoms with E-state index in [9.17, 15) is 23.3 Å². The maximum atomic E-state index is 12.6. The van der Waals surface area contributed by atoms with Crippen molar-refractivity contribution in [3.63, 3.8) is 0 Å². The zero-order valence-corrected chi connectivity index (χ0v) is 15.5. The number of amides is 1. The summed E-state index contributed by atoms with van der Waals surface area (Å²) < 4.78 is 25.9. The molecule has 10 heteroatoms. The lowest BCUT2D eigenvalue weighted by molar-refractivity contribution is -0.385. The van der Waals surface area contributed by atoms with Gasteiger partial charge in [0, 0.05) is 29.4 Å². The lowest BCUT2D eigenvalue weighted by Crippen LogP contribution is -2.35. The Morgan fingerprint density at radius 2 is 1.85 bits per heavy atom. The van der Waals surface area contributed by atoms with E-state index < -0.39 is 27.4 Å². The van der Waals surface area contributed by atoms with Crippen molar-refractivity contribution in [2.75, 3.05) is 18.9 Å². The van der Waals surface area contributed by atoms with Gasteiger partial charge in [0.2, 0.25) is 15.9 Å². The number of hydrogen-bond donors (Lipinski definition) is 1. The third-order valence-corrected chi connectivity index (χ3v) is 5.63. The van der Waals surface area contributed by atoms with Gasteiger partial charge in [-0.2, -0.15) is 4.31 Å². The van der Waals surface area contributed by atoms with Gasteiger partial charge >= 0.3 is 0 Å². The Bertz CT molecular complexity index is 945. The number of nitrogens with zero attached hydrogens (tertiary/aromatic N) is 2. The van der Waals surface area contributed by atoms with Gasteiger partial charge in [-0.25, -0.2) is 8.42 Å². The highest BCUT2D eigenvalue weighted by Gasteiger charge is 2.25. The van der Waals surface area contributed by atoms with Crippen LogP contribution in [0.15, 0.2) is 47.4 Å². The van der Waals surface area contributed by atoms with E-state index in [0.717, 1.165) is 10.4 Å². The first-order valence-corrected chi connectivity index (χ1v) is 9.20. The first-order valence-electron chi connectivity index (χ1n) is 7.38. The monoisotopic (exact) mass is 397 g/mol. The molecule has 0 aliphatic heterocycles. The number of aryl methyl sites for hydroxylation is 1. The Morgan fingerprint density at radius 3 is 2.42 bits per heavy atom. The molecule has 2 rings (SSSR count). The van der Waals surface area contributed by atoms with Crippen molar-refractivity contribution < 1.29 is 18.1 Å². The Labute approximate surface area is 155 Å². The molecule has 0 spiro atoms. The van der Waals surface area contributed by atoms with Gasteiger partial charge < -0.3 is 5.32 Å². The molecule has 1 N–H and O–H groups in total. The summed E-state index contributed by atoms with van der Waals surface area (Å²) in [7, 11) is -2.83. The molecule has 0 heterocycles. The van der Waals surface area contributed by atoms with Gasteiger partial charge in [0.15, 0.2) is 0 Å². The summed E-state index contributed by atoms with van der Waals surface area (Å²) >= 11 is 5.76. The largest absolute Gasteiger partial charge is 0.325 e. The highest BCUT2D eigenvalue weighted by molar-refractivity contribution is 7.89. The van der Waals surface area contributed by atoms with Gasteiger partial charge in [-0.3, -0.25) is 14.9 Å². The van der Waals surface area contributed by atoms with Crippen molar-refractivity contribution >= 4 is 38.9 Å². The molecule has 0 saturated carbocycles. The molecule has 0 unspecified atom stereocenters. The van der Waals surface area contributed by atoms with Gasteiger partial charge in [-0.05, 0) is 37.3 Å². The number of sulfonamides is 1. The van der Waals surface area contributed by atoms with Crippen molar-refractivity contribution in [3.8, 4) is 0 Å². The Hall–Kier alpha value is -2.49. The van der Waals surface area contributed by atoms with Crippen molar-refractivity contribution in [1.29, 1.82) is 0 Å². The van der Waals surface area contributed by atoms with Crippen molar-refractivity contribution in [3.05, 3.63) is 63.2 Å². The van der Waals surface area contributed by atoms with E-state index in [4.69, 9.17) is 11.6 Å². The quantitative estimate of drug-likeness (QED) is 0.595. The SMILES string of the molecule is Cc1ccc(S(=O)(=O)N(C)CC(=O)Nc2ccc(Cl)cc2)cc1[N+](=O)[O-]. The number of nitro benzene ring substituents is 1. The first kappa shape index (κ1) is 19.8. The van der Waals surface area contributed by atoms with Crippen LogP contribution in [0.25, 0.3) is 0 Å². The van der Waals surface area contributed by atoms with Gasteiger partial charge in [0.25, 0.3) is 5.69 Å². The molecular weight excluding hydrogens is 382 g/mol. The average Bonchev–Trinajstić information content (AvgIpc) is 2.56. The number of nitrogens with one attached hydrogen (secondary N) is 1. The second kappa shape index (κ2) is 7.81. The minimum atomic E-state index is -4.06. The molecular formula is C16H16ClN3O5S. The highest BCUT2D eigenvalue weighted by Crippen LogP contribution is 2.24. The summed E-state index contributed by atoms with van der Waals surface area (Å²) in [6, 6.07) is 9.94. The maximum absolute atomic E-state index is 12.6. The number of nitro groups is 1. The average molecular weight is 398 g/mol. The van der Waals surface area contributed by atoms with Crippen LogP contribution in [0.2, 0.25) is 5.02 Å². The molecule has 8 nitrogen and oxygen atoms in total. The Balaban J connectivity index is 2.15. The Morgan fingerprint density at radius 1 is 1.23 bits per heavy atom. The van der Waals surface area contributed by atoms with Crippen LogP contribution in [0.3, 0.4) is 0 Å².